The predicted molar refractivity (Wildman–Crippen MR) is 56.8 cm³/mol. The van der Waals surface area contributed by atoms with Gasteiger partial charge in [0.05, 0.1) is 17.2 Å². The van der Waals surface area contributed by atoms with Gasteiger partial charge in [0.15, 0.2) is 0 Å². The second-order valence-electron chi connectivity index (χ2n) is 4.47. The van der Waals surface area contributed by atoms with Gasteiger partial charge in [-0.2, -0.15) is 5.26 Å². The zero-order valence-corrected chi connectivity index (χ0v) is 9.03. The summed E-state index contributed by atoms with van der Waals surface area (Å²) in [5.41, 5.74) is 1.26. The Morgan fingerprint density at radius 1 is 1.33 bits per heavy atom. The highest BCUT2D eigenvalue weighted by molar-refractivity contribution is 5.88. The Labute approximate surface area is 89.0 Å². The van der Waals surface area contributed by atoms with Crippen molar-refractivity contribution in [3.05, 3.63) is 34.9 Å². The molecule has 78 valence electrons. The van der Waals surface area contributed by atoms with Crippen molar-refractivity contribution in [2.45, 2.75) is 26.2 Å². The van der Waals surface area contributed by atoms with E-state index in [0.29, 0.717) is 5.56 Å². The average Bonchev–Trinajstić information content (AvgIpc) is 2.15. The van der Waals surface area contributed by atoms with Crippen molar-refractivity contribution in [1.29, 1.82) is 5.26 Å². The molecule has 0 aliphatic carbocycles. The molecule has 1 aromatic carbocycles. The third-order valence-electron chi connectivity index (χ3n) is 2.18. The first-order valence-corrected chi connectivity index (χ1v) is 4.63. The number of carbonyl (C=O) groups is 1. The van der Waals surface area contributed by atoms with Gasteiger partial charge in [-0.3, -0.25) is 0 Å². The lowest BCUT2D eigenvalue weighted by molar-refractivity contribution is 0.0696. The van der Waals surface area contributed by atoms with Crippen LogP contribution in [-0.2, 0) is 5.41 Å². The number of carboxylic acids is 1. The zero-order valence-electron chi connectivity index (χ0n) is 9.03. The van der Waals surface area contributed by atoms with Crippen LogP contribution in [0, 0.1) is 11.3 Å². The molecule has 0 saturated carbocycles. The third kappa shape index (κ3) is 2.57. The topological polar surface area (TPSA) is 61.1 Å². The van der Waals surface area contributed by atoms with Crippen LogP contribution < -0.4 is 0 Å². The van der Waals surface area contributed by atoms with Crippen molar-refractivity contribution in [2.75, 3.05) is 0 Å². The van der Waals surface area contributed by atoms with Crippen molar-refractivity contribution in [3.8, 4) is 6.07 Å². The van der Waals surface area contributed by atoms with Crippen molar-refractivity contribution in [3.63, 3.8) is 0 Å². The Morgan fingerprint density at radius 2 is 1.93 bits per heavy atom. The number of aromatic carboxylic acids is 1. The van der Waals surface area contributed by atoms with Gasteiger partial charge in [0.1, 0.15) is 0 Å². The second-order valence-corrected chi connectivity index (χ2v) is 4.47. The lowest BCUT2D eigenvalue weighted by atomic mass is 9.85. The molecule has 3 heteroatoms. The molecule has 0 aliphatic rings. The largest absolute Gasteiger partial charge is 0.478 e. The summed E-state index contributed by atoms with van der Waals surface area (Å²) >= 11 is 0. The van der Waals surface area contributed by atoms with E-state index in [4.69, 9.17) is 10.4 Å². The summed E-state index contributed by atoms with van der Waals surface area (Å²) in [5.74, 6) is -1.00. The first-order valence-electron chi connectivity index (χ1n) is 4.63. The smallest absolute Gasteiger partial charge is 0.335 e. The van der Waals surface area contributed by atoms with Crippen LogP contribution in [0.1, 0.15) is 42.3 Å². The van der Waals surface area contributed by atoms with Crippen LogP contribution in [0.3, 0.4) is 0 Å². The van der Waals surface area contributed by atoms with Gasteiger partial charge in [-0.1, -0.05) is 20.8 Å². The molecule has 15 heavy (non-hydrogen) atoms. The van der Waals surface area contributed by atoms with Gasteiger partial charge in [-0.15, -0.1) is 0 Å². The fraction of sp³-hybridized carbons (Fsp3) is 0.333. The summed E-state index contributed by atoms with van der Waals surface area (Å²) in [6.07, 6.45) is 0. The molecule has 0 bridgehead atoms. The number of hydrogen-bond donors (Lipinski definition) is 1. The molecule has 1 rings (SSSR count). The Balaban J connectivity index is 3.38. The Kier molecular flexibility index (Phi) is 2.81. The first kappa shape index (κ1) is 11.3. The normalized spacial score (nSPS) is 10.8. The van der Waals surface area contributed by atoms with Crippen LogP contribution in [0.4, 0.5) is 0 Å². The summed E-state index contributed by atoms with van der Waals surface area (Å²) in [6.45, 7) is 5.94. The van der Waals surface area contributed by atoms with Gasteiger partial charge in [-0.25, -0.2) is 4.79 Å². The molecule has 0 aliphatic heterocycles. The number of nitrogens with zero attached hydrogens (tertiary/aromatic N) is 1. The summed E-state index contributed by atoms with van der Waals surface area (Å²) < 4.78 is 0. The van der Waals surface area contributed by atoms with Crippen LogP contribution >= 0.6 is 0 Å². The molecule has 0 atom stereocenters. The van der Waals surface area contributed by atoms with Crippen molar-refractivity contribution in [1.82, 2.24) is 0 Å². The number of hydrogen-bond acceptors (Lipinski definition) is 2. The van der Waals surface area contributed by atoms with Crippen LogP contribution in [0.2, 0.25) is 0 Å². The third-order valence-corrected chi connectivity index (χ3v) is 2.18. The molecule has 0 spiro atoms. The maximum Gasteiger partial charge on any atom is 0.335 e. The van der Waals surface area contributed by atoms with Gasteiger partial charge in [0, 0.05) is 0 Å². The minimum absolute atomic E-state index is 0.156. The van der Waals surface area contributed by atoms with Crippen LogP contribution in [0.15, 0.2) is 18.2 Å². The monoisotopic (exact) mass is 203 g/mol. The summed E-state index contributed by atoms with van der Waals surface area (Å²) in [6, 6.07) is 6.70. The zero-order chi connectivity index (χ0) is 11.6. The maximum absolute atomic E-state index is 10.8. The van der Waals surface area contributed by atoms with Gasteiger partial charge in [0.2, 0.25) is 0 Å². The molecule has 0 amide bonds. The quantitative estimate of drug-likeness (QED) is 0.763. The number of rotatable bonds is 1. The summed E-state index contributed by atoms with van der Waals surface area (Å²) in [7, 11) is 0. The van der Waals surface area contributed by atoms with Gasteiger partial charge in [0.25, 0.3) is 0 Å². The number of benzene rings is 1. The lowest BCUT2D eigenvalue weighted by Gasteiger charge is -2.19. The van der Waals surface area contributed by atoms with E-state index in [1.165, 1.54) is 6.07 Å². The van der Waals surface area contributed by atoms with E-state index in [1.807, 2.05) is 26.8 Å². The molecule has 3 nitrogen and oxygen atoms in total. The van der Waals surface area contributed by atoms with E-state index in [-0.39, 0.29) is 11.0 Å². The Morgan fingerprint density at radius 3 is 2.33 bits per heavy atom. The molecular weight excluding hydrogens is 190 g/mol. The molecule has 0 unspecified atom stereocenters. The Hall–Kier alpha value is -1.82. The summed E-state index contributed by atoms with van der Waals surface area (Å²) in [5, 5.41) is 17.7. The van der Waals surface area contributed by atoms with Crippen LogP contribution in [0.5, 0.6) is 0 Å². The molecule has 0 fully saturated rings. The minimum Gasteiger partial charge on any atom is -0.478 e. The standard InChI is InChI=1S/C12H13NO2/c1-12(2,3)10-5-8(7-13)4-9(6-10)11(14)15/h4-6H,1-3H3,(H,14,15). The molecular formula is C12H13NO2. The van der Waals surface area contributed by atoms with E-state index < -0.39 is 5.97 Å². The molecule has 1 aromatic rings. The molecule has 0 saturated heterocycles. The highest BCUT2D eigenvalue weighted by Gasteiger charge is 2.17. The molecule has 0 radical (unpaired) electrons. The van der Waals surface area contributed by atoms with E-state index in [1.54, 1.807) is 12.1 Å². The van der Waals surface area contributed by atoms with Gasteiger partial charge < -0.3 is 5.11 Å². The summed E-state index contributed by atoms with van der Waals surface area (Å²) in [4.78, 5) is 10.8. The maximum atomic E-state index is 10.8. The van der Waals surface area contributed by atoms with Crippen LogP contribution in [-0.4, -0.2) is 11.1 Å². The highest BCUT2D eigenvalue weighted by atomic mass is 16.4. The fourth-order valence-corrected chi connectivity index (χ4v) is 1.25. The van der Waals surface area contributed by atoms with E-state index >= 15 is 0 Å². The van der Waals surface area contributed by atoms with E-state index in [9.17, 15) is 4.79 Å². The SMILES string of the molecule is CC(C)(C)c1cc(C#N)cc(C(=O)O)c1. The minimum atomic E-state index is -1.00. The van der Waals surface area contributed by atoms with Crippen molar-refractivity contribution in [2.24, 2.45) is 0 Å². The molecule has 0 heterocycles. The number of nitriles is 1. The van der Waals surface area contributed by atoms with Crippen LogP contribution in [0.25, 0.3) is 0 Å². The van der Waals surface area contributed by atoms with Crippen molar-refractivity contribution >= 4 is 5.97 Å². The average molecular weight is 203 g/mol. The first-order chi connectivity index (χ1) is 6.84. The second kappa shape index (κ2) is 3.74. The lowest BCUT2D eigenvalue weighted by Crippen LogP contribution is -2.13. The molecule has 0 aromatic heterocycles. The predicted octanol–water partition coefficient (Wildman–Crippen LogP) is 2.55. The van der Waals surface area contributed by atoms with Gasteiger partial charge >= 0.3 is 5.97 Å². The Bertz CT molecular complexity index is 436. The van der Waals surface area contributed by atoms with Crippen molar-refractivity contribution < 1.29 is 9.90 Å². The van der Waals surface area contributed by atoms with Gasteiger partial charge in [-0.05, 0) is 29.2 Å². The number of carboxylic acid groups (broad SMARTS) is 1. The fourth-order valence-electron chi connectivity index (χ4n) is 1.25. The van der Waals surface area contributed by atoms with E-state index in [0.717, 1.165) is 5.56 Å². The van der Waals surface area contributed by atoms with E-state index in [2.05, 4.69) is 0 Å². The highest BCUT2D eigenvalue weighted by Crippen LogP contribution is 2.24. The molecule has 1 N–H and O–H groups in total.